The molecule has 22 heavy (non-hydrogen) atoms. The van der Waals surface area contributed by atoms with E-state index in [1.165, 1.54) is 0 Å². The number of rotatable bonds is 4. The number of aromatic nitrogens is 2. The Morgan fingerprint density at radius 1 is 1.14 bits per heavy atom. The van der Waals surface area contributed by atoms with Crippen LogP contribution in [0.25, 0.3) is 22.6 Å². The van der Waals surface area contributed by atoms with E-state index in [4.69, 9.17) is 16.3 Å². The van der Waals surface area contributed by atoms with Crippen molar-refractivity contribution >= 4 is 17.3 Å². The molecule has 0 atom stereocenters. The molecule has 3 aromatic rings. The number of nitrogens with zero attached hydrogens (tertiary/aromatic N) is 1. The Hall–Kier alpha value is -2.46. The Balaban J connectivity index is 1.98. The lowest BCUT2D eigenvalue weighted by Gasteiger charge is -2.06. The summed E-state index contributed by atoms with van der Waals surface area (Å²) < 4.78 is 5.37. The molecule has 5 heteroatoms. The van der Waals surface area contributed by atoms with Gasteiger partial charge in [0.2, 0.25) is 0 Å². The van der Waals surface area contributed by atoms with E-state index in [1.54, 1.807) is 13.2 Å². The van der Waals surface area contributed by atoms with Crippen LogP contribution in [0.5, 0.6) is 5.75 Å². The number of nitrogens with one attached hydrogen (secondary N) is 2. The van der Waals surface area contributed by atoms with Gasteiger partial charge in [0.05, 0.1) is 24.6 Å². The molecule has 0 aliphatic heterocycles. The average Bonchev–Trinajstić information content (AvgIpc) is 3.04. The predicted octanol–water partition coefficient (Wildman–Crippen LogP) is 4.45. The first-order valence-corrected chi connectivity index (χ1v) is 7.26. The predicted molar refractivity (Wildman–Crippen MR) is 90.6 cm³/mol. The third-order valence-electron chi connectivity index (χ3n) is 3.48. The maximum atomic E-state index is 6.08. The minimum atomic E-state index is 0.645. The molecule has 0 fully saturated rings. The van der Waals surface area contributed by atoms with Crippen molar-refractivity contribution in [1.29, 1.82) is 0 Å². The SMILES string of the molecule is CNc1ccc(-c2cnc(-c3cc(Cl)ccc3OC)[nH]2)cc1. The normalized spacial score (nSPS) is 10.5. The average molecular weight is 314 g/mol. The Morgan fingerprint density at radius 2 is 1.91 bits per heavy atom. The van der Waals surface area contributed by atoms with Crippen molar-refractivity contribution in [2.45, 2.75) is 0 Å². The quantitative estimate of drug-likeness (QED) is 0.748. The van der Waals surface area contributed by atoms with Crippen molar-refractivity contribution in [2.75, 3.05) is 19.5 Å². The standard InChI is InChI=1S/C17H16ClN3O/c1-19-13-6-3-11(4-7-13)15-10-20-17(21-15)14-9-12(18)5-8-16(14)22-2/h3-10,19H,1-2H3,(H,20,21). The summed E-state index contributed by atoms with van der Waals surface area (Å²) in [7, 11) is 3.53. The molecule has 112 valence electrons. The molecule has 2 aromatic carbocycles. The van der Waals surface area contributed by atoms with Crippen LogP contribution >= 0.6 is 11.6 Å². The van der Waals surface area contributed by atoms with Gasteiger partial charge in [-0.05, 0) is 35.9 Å². The zero-order chi connectivity index (χ0) is 15.5. The molecule has 0 saturated carbocycles. The van der Waals surface area contributed by atoms with Crippen LogP contribution in [0.15, 0.2) is 48.7 Å². The molecule has 0 aliphatic rings. The van der Waals surface area contributed by atoms with Gasteiger partial charge in [0, 0.05) is 17.8 Å². The number of ether oxygens (including phenoxy) is 1. The Morgan fingerprint density at radius 3 is 2.59 bits per heavy atom. The molecular weight excluding hydrogens is 298 g/mol. The summed E-state index contributed by atoms with van der Waals surface area (Å²) >= 11 is 6.08. The summed E-state index contributed by atoms with van der Waals surface area (Å²) in [5.41, 5.74) is 3.92. The van der Waals surface area contributed by atoms with Gasteiger partial charge in [-0.15, -0.1) is 0 Å². The molecule has 2 N–H and O–H groups in total. The molecule has 4 nitrogen and oxygen atoms in total. The van der Waals surface area contributed by atoms with Crippen LogP contribution in [0.4, 0.5) is 5.69 Å². The molecule has 0 spiro atoms. The van der Waals surface area contributed by atoms with Gasteiger partial charge in [0.15, 0.2) is 0 Å². The number of imidazole rings is 1. The van der Waals surface area contributed by atoms with Gasteiger partial charge in [-0.3, -0.25) is 0 Å². The summed E-state index contributed by atoms with van der Waals surface area (Å²) in [6, 6.07) is 13.6. The van der Waals surface area contributed by atoms with Crippen molar-refractivity contribution in [2.24, 2.45) is 0 Å². The van der Waals surface area contributed by atoms with E-state index in [2.05, 4.69) is 15.3 Å². The monoisotopic (exact) mass is 313 g/mol. The molecule has 0 saturated heterocycles. The van der Waals surface area contributed by atoms with Crippen LogP contribution in [0.3, 0.4) is 0 Å². The van der Waals surface area contributed by atoms with E-state index in [0.717, 1.165) is 34.1 Å². The highest BCUT2D eigenvalue weighted by atomic mass is 35.5. The maximum Gasteiger partial charge on any atom is 0.141 e. The molecule has 3 rings (SSSR count). The number of benzene rings is 2. The summed E-state index contributed by atoms with van der Waals surface area (Å²) in [6.45, 7) is 0. The minimum Gasteiger partial charge on any atom is -0.496 e. The number of halogens is 1. The van der Waals surface area contributed by atoms with Gasteiger partial charge < -0.3 is 15.0 Å². The van der Waals surface area contributed by atoms with E-state index in [1.807, 2.05) is 49.6 Å². The van der Waals surface area contributed by atoms with Crippen LogP contribution in [-0.4, -0.2) is 24.1 Å². The molecule has 1 heterocycles. The highest BCUT2D eigenvalue weighted by Crippen LogP contribution is 2.32. The first-order valence-electron chi connectivity index (χ1n) is 6.88. The van der Waals surface area contributed by atoms with Crippen LogP contribution in [0, 0.1) is 0 Å². The van der Waals surface area contributed by atoms with Crippen molar-refractivity contribution < 1.29 is 4.74 Å². The third-order valence-corrected chi connectivity index (χ3v) is 3.71. The molecule has 0 bridgehead atoms. The number of aromatic amines is 1. The smallest absolute Gasteiger partial charge is 0.141 e. The molecule has 1 aromatic heterocycles. The largest absolute Gasteiger partial charge is 0.496 e. The molecule has 0 aliphatic carbocycles. The van der Waals surface area contributed by atoms with Crippen molar-refractivity contribution in [1.82, 2.24) is 9.97 Å². The van der Waals surface area contributed by atoms with E-state index in [0.29, 0.717) is 5.02 Å². The summed E-state index contributed by atoms with van der Waals surface area (Å²) in [5.74, 6) is 1.46. The van der Waals surface area contributed by atoms with Gasteiger partial charge in [-0.2, -0.15) is 0 Å². The first-order chi connectivity index (χ1) is 10.7. The second-order valence-corrected chi connectivity index (χ2v) is 5.25. The lowest BCUT2D eigenvalue weighted by molar-refractivity contribution is 0.416. The summed E-state index contributed by atoms with van der Waals surface area (Å²) in [4.78, 5) is 7.76. The molecular formula is C17H16ClN3O. The lowest BCUT2D eigenvalue weighted by Crippen LogP contribution is -1.89. The zero-order valence-electron chi connectivity index (χ0n) is 12.4. The highest BCUT2D eigenvalue weighted by molar-refractivity contribution is 6.30. The number of anilines is 1. The number of hydrogen-bond acceptors (Lipinski definition) is 3. The van der Waals surface area contributed by atoms with Gasteiger partial charge in [0.1, 0.15) is 11.6 Å². The van der Waals surface area contributed by atoms with E-state index >= 15 is 0 Å². The van der Waals surface area contributed by atoms with Gasteiger partial charge in [0.25, 0.3) is 0 Å². The molecule has 0 amide bonds. The van der Waals surface area contributed by atoms with Crippen LogP contribution in [-0.2, 0) is 0 Å². The topological polar surface area (TPSA) is 49.9 Å². The fraction of sp³-hybridized carbons (Fsp3) is 0.118. The molecule has 0 unspecified atom stereocenters. The fourth-order valence-electron chi connectivity index (χ4n) is 2.29. The van der Waals surface area contributed by atoms with Crippen LogP contribution in [0.1, 0.15) is 0 Å². The number of hydrogen-bond donors (Lipinski definition) is 2. The van der Waals surface area contributed by atoms with Gasteiger partial charge in [-0.1, -0.05) is 23.7 Å². The molecule has 0 radical (unpaired) electrons. The van der Waals surface area contributed by atoms with Crippen molar-refractivity contribution in [3.8, 4) is 28.4 Å². The van der Waals surface area contributed by atoms with E-state index in [-0.39, 0.29) is 0 Å². The van der Waals surface area contributed by atoms with Crippen LogP contribution in [0.2, 0.25) is 5.02 Å². The summed E-state index contributed by atoms with van der Waals surface area (Å²) in [6.07, 6.45) is 1.81. The second-order valence-electron chi connectivity index (χ2n) is 4.82. The van der Waals surface area contributed by atoms with Crippen molar-refractivity contribution in [3.05, 3.63) is 53.7 Å². The third kappa shape index (κ3) is 2.78. The zero-order valence-corrected chi connectivity index (χ0v) is 13.1. The Labute approximate surface area is 134 Å². The highest BCUT2D eigenvalue weighted by Gasteiger charge is 2.11. The van der Waals surface area contributed by atoms with Crippen LogP contribution < -0.4 is 10.1 Å². The fourth-order valence-corrected chi connectivity index (χ4v) is 2.46. The van der Waals surface area contributed by atoms with Gasteiger partial charge >= 0.3 is 0 Å². The van der Waals surface area contributed by atoms with Gasteiger partial charge in [-0.25, -0.2) is 4.98 Å². The minimum absolute atomic E-state index is 0.645. The number of H-pyrrole nitrogens is 1. The Bertz CT molecular complexity index is 781. The second kappa shape index (κ2) is 6.12. The Kier molecular flexibility index (Phi) is 4.02. The number of methoxy groups -OCH3 is 1. The lowest BCUT2D eigenvalue weighted by atomic mass is 10.1. The van der Waals surface area contributed by atoms with E-state index in [9.17, 15) is 0 Å². The summed E-state index contributed by atoms with van der Waals surface area (Å²) in [5, 5.41) is 3.75. The maximum absolute atomic E-state index is 6.08. The van der Waals surface area contributed by atoms with E-state index < -0.39 is 0 Å². The van der Waals surface area contributed by atoms with Crippen molar-refractivity contribution in [3.63, 3.8) is 0 Å². The first kappa shape index (κ1) is 14.5.